The summed E-state index contributed by atoms with van der Waals surface area (Å²) in [5.41, 5.74) is 2.36. The highest BCUT2D eigenvalue weighted by molar-refractivity contribution is 6.32. The van der Waals surface area contributed by atoms with E-state index in [1.165, 1.54) is 11.1 Å². The van der Waals surface area contributed by atoms with Crippen LogP contribution in [0.25, 0.3) is 0 Å². The van der Waals surface area contributed by atoms with Gasteiger partial charge in [0, 0.05) is 6.42 Å². The van der Waals surface area contributed by atoms with Crippen LogP contribution in [-0.4, -0.2) is 12.9 Å². The van der Waals surface area contributed by atoms with Crippen LogP contribution < -0.4 is 4.74 Å². The second kappa shape index (κ2) is 6.54. The third kappa shape index (κ3) is 3.53. The van der Waals surface area contributed by atoms with Crippen LogP contribution in [0, 0.1) is 6.92 Å². The van der Waals surface area contributed by atoms with Crippen LogP contribution in [0.1, 0.15) is 30.9 Å². The van der Waals surface area contributed by atoms with Crippen molar-refractivity contribution in [3.8, 4) is 5.75 Å². The van der Waals surface area contributed by atoms with Crippen molar-refractivity contribution < 1.29 is 9.53 Å². The molecule has 0 atom stereocenters. The van der Waals surface area contributed by atoms with Gasteiger partial charge in [0.05, 0.1) is 11.6 Å². The highest BCUT2D eigenvalue weighted by Crippen LogP contribution is 2.28. The first-order chi connectivity index (χ1) is 7.69. The molecule has 88 valence electrons. The monoisotopic (exact) mass is 240 g/mol. The Hall–Kier alpha value is -1.02. The van der Waals surface area contributed by atoms with Crippen LogP contribution in [-0.2, 0) is 11.2 Å². The van der Waals surface area contributed by atoms with Crippen molar-refractivity contribution in [3.05, 3.63) is 28.3 Å². The maximum absolute atomic E-state index is 10.2. The number of hydrogen-bond acceptors (Lipinski definition) is 2. The van der Waals surface area contributed by atoms with E-state index in [0.717, 1.165) is 24.9 Å². The van der Waals surface area contributed by atoms with Crippen LogP contribution in [0.3, 0.4) is 0 Å². The quantitative estimate of drug-likeness (QED) is 0.561. The van der Waals surface area contributed by atoms with E-state index in [9.17, 15) is 4.79 Å². The van der Waals surface area contributed by atoms with Gasteiger partial charge in [-0.25, -0.2) is 0 Å². The number of unbranched alkanes of at least 4 members (excludes halogenated alkanes) is 1. The van der Waals surface area contributed by atoms with Gasteiger partial charge in [0.2, 0.25) is 0 Å². The highest BCUT2D eigenvalue weighted by Gasteiger charge is 2.06. The fourth-order valence-corrected chi connectivity index (χ4v) is 1.85. The maximum Gasteiger partial charge on any atom is 0.138 e. The first kappa shape index (κ1) is 13.0. The molecular formula is C13H17ClO2. The molecule has 0 aliphatic heterocycles. The summed E-state index contributed by atoms with van der Waals surface area (Å²) in [7, 11) is 0. The number of carbonyl (C=O) groups is 1. The van der Waals surface area contributed by atoms with Crippen molar-refractivity contribution in [2.75, 3.05) is 6.61 Å². The van der Waals surface area contributed by atoms with Gasteiger partial charge in [-0.2, -0.15) is 0 Å². The molecule has 0 unspecified atom stereocenters. The molecule has 0 fully saturated rings. The molecular weight excluding hydrogens is 224 g/mol. The Bertz CT molecular complexity index is 361. The van der Waals surface area contributed by atoms with E-state index in [4.69, 9.17) is 16.3 Å². The van der Waals surface area contributed by atoms with Gasteiger partial charge in [-0.15, -0.1) is 0 Å². The third-order valence-corrected chi connectivity index (χ3v) is 2.75. The maximum atomic E-state index is 10.2. The van der Waals surface area contributed by atoms with Gasteiger partial charge in [-0.1, -0.05) is 11.6 Å². The van der Waals surface area contributed by atoms with Gasteiger partial charge >= 0.3 is 0 Å². The summed E-state index contributed by atoms with van der Waals surface area (Å²) in [6.07, 6.45) is 3.31. The molecule has 0 saturated carbocycles. The van der Waals surface area contributed by atoms with Crippen molar-refractivity contribution in [1.29, 1.82) is 0 Å². The molecule has 0 saturated heterocycles. The Morgan fingerprint density at radius 3 is 2.81 bits per heavy atom. The van der Waals surface area contributed by atoms with E-state index < -0.39 is 0 Å². The Morgan fingerprint density at radius 2 is 2.19 bits per heavy atom. The molecule has 16 heavy (non-hydrogen) atoms. The molecule has 0 aromatic heterocycles. The lowest BCUT2D eigenvalue weighted by atomic mass is 10.0. The molecule has 0 amide bonds. The van der Waals surface area contributed by atoms with E-state index in [-0.39, 0.29) is 0 Å². The standard InChI is InChI=1S/C13H17ClO2/c1-3-16-13-8-10(2)11(9-12(13)14)6-4-5-7-15/h7-9H,3-6H2,1-2H3. The summed E-state index contributed by atoms with van der Waals surface area (Å²) in [6.45, 7) is 4.59. The third-order valence-electron chi connectivity index (χ3n) is 2.46. The number of halogens is 1. The molecule has 0 heterocycles. The van der Waals surface area contributed by atoms with Gasteiger partial charge in [-0.3, -0.25) is 0 Å². The summed E-state index contributed by atoms with van der Waals surface area (Å²) < 4.78 is 5.41. The number of hydrogen-bond donors (Lipinski definition) is 0. The predicted octanol–water partition coefficient (Wildman–Crippen LogP) is 3.57. The minimum atomic E-state index is 0.601. The van der Waals surface area contributed by atoms with Crippen LogP contribution in [0.4, 0.5) is 0 Å². The number of ether oxygens (including phenoxy) is 1. The van der Waals surface area contributed by atoms with Crippen LogP contribution in [0.2, 0.25) is 5.02 Å². The zero-order valence-corrected chi connectivity index (χ0v) is 10.5. The lowest BCUT2D eigenvalue weighted by Gasteiger charge is -2.10. The molecule has 0 aliphatic rings. The molecule has 0 radical (unpaired) electrons. The Balaban J connectivity index is 2.79. The number of carbonyl (C=O) groups excluding carboxylic acids is 1. The Kier molecular flexibility index (Phi) is 5.33. The second-order valence-electron chi connectivity index (χ2n) is 3.70. The lowest BCUT2D eigenvalue weighted by molar-refractivity contribution is -0.107. The molecule has 0 N–H and O–H groups in total. The lowest BCUT2D eigenvalue weighted by Crippen LogP contribution is -1.96. The van der Waals surface area contributed by atoms with E-state index in [0.29, 0.717) is 18.1 Å². The van der Waals surface area contributed by atoms with Gasteiger partial charge in [0.25, 0.3) is 0 Å². The Morgan fingerprint density at radius 1 is 1.44 bits per heavy atom. The van der Waals surface area contributed by atoms with Crippen molar-refractivity contribution in [2.24, 2.45) is 0 Å². The van der Waals surface area contributed by atoms with Crippen molar-refractivity contribution in [3.63, 3.8) is 0 Å². The molecule has 0 spiro atoms. The molecule has 3 heteroatoms. The summed E-state index contributed by atoms with van der Waals surface area (Å²) in [5.74, 6) is 0.737. The largest absolute Gasteiger partial charge is 0.492 e. The summed E-state index contributed by atoms with van der Waals surface area (Å²) >= 11 is 6.10. The van der Waals surface area contributed by atoms with Gasteiger partial charge in [0.1, 0.15) is 12.0 Å². The van der Waals surface area contributed by atoms with Crippen molar-refractivity contribution >= 4 is 17.9 Å². The number of rotatable bonds is 6. The molecule has 0 aliphatic carbocycles. The highest BCUT2D eigenvalue weighted by atomic mass is 35.5. The number of benzene rings is 1. The van der Waals surface area contributed by atoms with Crippen LogP contribution >= 0.6 is 11.6 Å². The summed E-state index contributed by atoms with van der Waals surface area (Å²) in [5, 5.41) is 0.647. The average Bonchev–Trinajstić information content (AvgIpc) is 2.25. The Labute approximate surface area is 102 Å². The van der Waals surface area contributed by atoms with Crippen LogP contribution in [0.5, 0.6) is 5.75 Å². The van der Waals surface area contributed by atoms with Gasteiger partial charge in [-0.05, 0) is 49.9 Å². The minimum Gasteiger partial charge on any atom is -0.492 e. The van der Waals surface area contributed by atoms with Crippen LogP contribution in [0.15, 0.2) is 12.1 Å². The minimum absolute atomic E-state index is 0.601. The SMILES string of the molecule is CCOc1cc(C)c(CCCC=O)cc1Cl. The number of aryl methyl sites for hydroxylation is 2. The smallest absolute Gasteiger partial charge is 0.138 e. The van der Waals surface area contributed by atoms with Gasteiger partial charge < -0.3 is 9.53 Å². The average molecular weight is 241 g/mol. The molecule has 0 bridgehead atoms. The van der Waals surface area contributed by atoms with E-state index in [1.54, 1.807) is 0 Å². The van der Waals surface area contributed by atoms with Gasteiger partial charge in [0.15, 0.2) is 0 Å². The zero-order chi connectivity index (χ0) is 12.0. The molecule has 1 rings (SSSR count). The first-order valence-corrected chi connectivity index (χ1v) is 5.92. The first-order valence-electron chi connectivity index (χ1n) is 5.54. The van der Waals surface area contributed by atoms with E-state index >= 15 is 0 Å². The molecule has 1 aromatic carbocycles. The topological polar surface area (TPSA) is 26.3 Å². The van der Waals surface area contributed by atoms with E-state index in [1.807, 2.05) is 26.0 Å². The fourth-order valence-electron chi connectivity index (χ4n) is 1.61. The summed E-state index contributed by atoms with van der Waals surface area (Å²) in [4.78, 5) is 10.2. The second-order valence-corrected chi connectivity index (χ2v) is 4.11. The summed E-state index contributed by atoms with van der Waals surface area (Å²) in [6, 6.07) is 3.90. The zero-order valence-electron chi connectivity index (χ0n) is 9.75. The van der Waals surface area contributed by atoms with Crippen molar-refractivity contribution in [2.45, 2.75) is 33.1 Å². The normalized spacial score (nSPS) is 10.2. The fraction of sp³-hybridized carbons (Fsp3) is 0.462. The van der Waals surface area contributed by atoms with E-state index in [2.05, 4.69) is 0 Å². The molecule has 2 nitrogen and oxygen atoms in total. The van der Waals surface area contributed by atoms with Crippen molar-refractivity contribution in [1.82, 2.24) is 0 Å². The number of aldehydes is 1. The predicted molar refractivity (Wildman–Crippen MR) is 66.4 cm³/mol. The molecule has 1 aromatic rings.